The van der Waals surface area contributed by atoms with Gasteiger partial charge in [0.25, 0.3) is 0 Å². The molecular formula is C25H32N2O3. The van der Waals surface area contributed by atoms with Gasteiger partial charge in [0.2, 0.25) is 0 Å². The topological polar surface area (TPSA) is 43.3 Å². The van der Waals surface area contributed by atoms with E-state index in [1.165, 1.54) is 28.8 Å². The van der Waals surface area contributed by atoms with Gasteiger partial charge in [-0.2, -0.15) is 0 Å². The molecule has 4 aliphatic rings. The molecule has 1 fully saturated rings. The quantitative estimate of drug-likeness (QED) is 0.680. The summed E-state index contributed by atoms with van der Waals surface area (Å²) >= 11 is 0. The van der Waals surface area contributed by atoms with Crippen molar-refractivity contribution in [2.45, 2.75) is 51.3 Å². The molecule has 1 aromatic rings. The van der Waals surface area contributed by atoms with Crippen LogP contribution in [0, 0.1) is 5.92 Å². The van der Waals surface area contributed by atoms with E-state index in [0.29, 0.717) is 12.5 Å². The highest BCUT2D eigenvalue weighted by atomic mass is 16.5. The lowest BCUT2D eigenvalue weighted by molar-refractivity contribution is 0.0154. The van der Waals surface area contributed by atoms with Crippen molar-refractivity contribution in [2.24, 2.45) is 10.9 Å². The van der Waals surface area contributed by atoms with Gasteiger partial charge in [-0.15, -0.1) is 0 Å². The zero-order valence-electron chi connectivity index (χ0n) is 17.9. The van der Waals surface area contributed by atoms with Crippen LogP contribution in [0.15, 0.2) is 40.9 Å². The van der Waals surface area contributed by atoms with E-state index in [2.05, 4.69) is 48.4 Å². The Kier molecular flexibility index (Phi) is 5.91. The van der Waals surface area contributed by atoms with Gasteiger partial charge in [0.05, 0.1) is 12.6 Å². The van der Waals surface area contributed by atoms with E-state index in [-0.39, 0.29) is 12.3 Å². The minimum absolute atomic E-state index is 0.160. The summed E-state index contributed by atoms with van der Waals surface area (Å²) in [7, 11) is 0. The number of aliphatic imine (C=N–C) groups is 1. The van der Waals surface area contributed by atoms with Gasteiger partial charge >= 0.3 is 0 Å². The van der Waals surface area contributed by atoms with Gasteiger partial charge in [0, 0.05) is 50.3 Å². The molecule has 0 N–H and O–H groups in total. The Labute approximate surface area is 179 Å². The van der Waals surface area contributed by atoms with Crippen molar-refractivity contribution in [3.8, 4) is 5.75 Å². The smallest absolute Gasteiger partial charge is 0.130 e. The number of rotatable bonds is 1. The third kappa shape index (κ3) is 4.06. The van der Waals surface area contributed by atoms with E-state index < -0.39 is 0 Å². The molecule has 0 aliphatic carbocycles. The second-order valence-electron chi connectivity index (χ2n) is 8.74. The fraction of sp³-hybridized carbons (Fsp3) is 0.560. The Morgan fingerprint density at radius 3 is 2.90 bits per heavy atom. The molecule has 4 heterocycles. The molecule has 5 nitrogen and oxygen atoms in total. The van der Waals surface area contributed by atoms with Crippen molar-refractivity contribution in [2.75, 3.05) is 37.9 Å². The SMILES string of the molecule is C[C@@H]1CCOCCCOc2ccc3c(c2)C(=CCN3C2CCCCO2)C2=CC1N=C2. The molecule has 0 radical (unpaired) electrons. The number of nitrogens with zero attached hydrogens (tertiary/aromatic N) is 2. The maximum atomic E-state index is 6.13. The lowest BCUT2D eigenvalue weighted by Crippen LogP contribution is -2.41. The summed E-state index contributed by atoms with van der Waals surface area (Å²) in [5.41, 5.74) is 4.97. The summed E-state index contributed by atoms with van der Waals surface area (Å²) in [6.07, 6.45) is 12.3. The fourth-order valence-electron chi connectivity index (χ4n) is 4.78. The Balaban J connectivity index is 1.51. The lowest BCUT2D eigenvalue weighted by atomic mass is 9.91. The summed E-state index contributed by atoms with van der Waals surface area (Å²) < 4.78 is 18.0. The molecule has 30 heavy (non-hydrogen) atoms. The molecule has 1 saturated heterocycles. The Hall–Kier alpha value is -2.11. The van der Waals surface area contributed by atoms with Crippen LogP contribution >= 0.6 is 0 Å². The zero-order valence-corrected chi connectivity index (χ0v) is 17.9. The van der Waals surface area contributed by atoms with Crippen LogP contribution in [0.5, 0.6) is 5.75 Å². The van der Waals surface area contributed by atoms with Gasteiger partial charge in [-0.25, -0.2) is 0 Å². The normalized spacial score (nSPS) is 29.4. The van der Waals surface area contributed by atoms with Crippen LogP contribution in [-0.4, -0.2) is 51.5 Å². The molecule has 4 bridgehead atoms. The molecule has 160 valence electrons. The molecule has 2 unspecified atom stereocenters. The minimum atomic E-state index is 0.160. The van der Waals surface area contributed by atoms with E-state index in [1.54, 1.807) is 0 Å². The van der Waals surface area contributed by atoms with Crippen LogP contribution in [0.25, 0.3) is 5.57 Å². The van der Waals surface area contributed by atoms with E-state index in [1.807, 2.05) is 0 Å². The van der Waals surface area contributed by atoms with Crippen molar-refractivity contribution < 1.29 is 14.2 Å². The predicted octanol–water partition coefficient (Wildman–Crippen LogP) is 4.62. The molecule has 3 atom stereocenters. The molecular weight excluding hydrogens is 376 g/mol. The summed E-state index contributed by atoms with van der Waals surface area (Å²) in [4.78, 5) is 7.24. The van der Waals surface area contributed by atoms with Gasteiger partial charge < -0.3 is 19.1 Å². The summed E-state index contributed by atoms with van der Waals surface area (Å²) in [6.45, 7) is 6.20. The summed E-state index contributed by atoms with van der Waals surface area (Å²) in [6, 6.07) is 6.73. The minimum Gasteiger partial charge on any atom is -0.493 e. The molecule has 0 spiro atoms. The first-order valence-electron chi connectivity index (χ1n) is 11.5. The highest BCUT2D eigenvalue weighted by Crippen LogP contribution is 2.41. The largest absolute Gasteiger partial charge is 0.493 e. The number of ether oxygens (including phenoxy) is 3. The molecule has 4 aliphatic heterocycles. The summed E-state index contributed by atoms with van der Waals surface area (Å²) in [5, 5.41) is 0. The standard InChI is InChI=1S/C25H32N2O3/c1-18-9-14-28-11-4-13-29-20-6-7-24-22(16-20)21(19-15-23(18)26-17-19)8-10-27(24)25-5-2-3-12-30-25/h6-8,15-18,23,25H,2-5,9-14H2,1H3/t18-,23?,25?/m1/s1. The number of anilines is 1. The maximum absolute atomic E-state index is 6.13. The highest BCUT2D eigenvalue weighted by Gasteiger charge is 2.30. The van der Waals surface area contributed by atoms with Crippen molar-refractivity contribution in [1.29, 1.82) is 0 Å². The van der Waals surface area contributed by atoms with Crippen LogP contribution in [0.4, 0.5) is 5.69 Å². The Morgan fingerprint density at radius 2 is 2.00 bits per heavy atom. The number of hydrogen-bond donors (Lipinski definition) is 0. The van der Waals surface area contributed by atoms with Crippen LogP contribution in [0.1, 0.15) is 44.6 Å². The molecule has 5 heteroatoms. The monoisotopic (exact) mass is 408 g/mol. The first-order valence-corrected chi connectivity index (χ1v) is 11.5. The van der Waals surface area contributed by atoms with Crippen molar-refractivity contribution in [1.82, 2.24) is 0 Å². The predicted molar refractivity (Wildman–Crippen MR) is 120 cm³/mol. The molecule has 1 aromatic carbocycles. The Bertz CT molecular complexity index is 854. The van der Waals surface area contributed by atoms with E-state index in [0.717, 1.165) is 57.8 Å². The third-order valence-corrected chi connectivity index (χ3v) is 6.61. The van der Waals surface area contributed by atoms with Gasteiger partial charge in [-0.05, 0) is 60.9 Å². The zero-order chi connectivity index (χ0) is 20.3. The Morgan fingerprint density at radius 1 is 1.03 bits per heavy atom. The highest BCUT2D eigenvalue weighted by molar-refractivity contribution is 6.05. The maximum Gasteiger partial charge on any atom is 0.130 e. The molecule has 0 aromatic heterocycles. The van der Waals surface area contributed by atoms with Crippen LogP contribution in [0.3, 0.4) is 0 Å². The number of allylic oxidation sites excluding steroid dienone is 2. The number of fused-ring (bicyclic) bond motifs is 3. The third-order valence-electron chi connectivity index (χ3n) is 6.61. The molecule has 0 saturated carbocycles. The first kappa shape index (κ1) is 19.8. The van der Waals surface area contributed by atoms with Crippen LogP contribution in [-0.2, 0) is 9.47 Å². The van der Waals surface area contributed by atoms with Gasteiger partial charge in [-0.3, -0.25) is 4.99 Å². The second kappa shape index (κ2) is 8.94. The van der Waals surface area contributed by atoms with Crippen molar-refractivity contribution in [3.05, 3.63) is 41.5 Å². The number of benzene rings is 1. The van der Waals surface area contributed by atoms with Crippen LogP contribution in [0.2, 0.25) is 0 Å². The average molecular weight is 409 g/mol. The number of hydrogen-bond acceptors (Lipinski definition) is 5. The fourth-order valence-corrected chi connectivity index (χ4v) is 4.78. The van der Waals surface area contributed by atoms with Gasteiger partial charge in [0.1, 0.15) is 12.0 Å². The van der Waals surface area contributed by atoms with Gasteiger partial charge in [-0.1, -0.05) is 19.1 Å². The molecule has 0 amide bonds. The van der Waals surface area contributed by atoms with E-state index in [4.69, 9.17) is 19.2 Å². The second-order valence-corrected chi connectivity index (χ2v) is 8.74. The van der Waals surface area contributed by atoms with E-state index in [9.17, 15) is 0 Å². The molecule has 5 rings (SSSR count). The van der Waals surface area contributed by atoms with Crippen molar-refractivity contribution in [3.63, 3.8) is 0 Å². The summed E-state index contributed by atoms with van der Waals surface area (Å²) in [5.74, 6) is 1.39. The van der Waals surface area contributed by atoms with Crippen LogP contribution < -0.4 is 9.64 Å². The van der Waals surface area contributed by atoms with Crippen molar-refractivity contribution >= 4 is 17.5 Å². The lowest BCUT2D eigenvalue weighted by Gasteiger charge is -2.39. The van der Waals surface area contributed by atoms with Gasteiger partial charge in [0.15, 0.2) is 0 Å². The first-order chi connectivity index (χ1) is 14.8. The van der Waals surface area contributed by atoms with E-state index >= 15 is 0 Å². The average Bonchev–Trinajstić information content (AvgIpc) is 3.27.